The summed E-state index contributed by atoms with van der Waals surface area (Å²) in [7, 11) is 0. The standard InChI is InChI=1S/C25H37N3O5/c1-4-26(5-2)22(30)25(8-9-25)28(23(31)32)27-11-10-24-14-16(3)6-7-20(24)33-19-13-18(29)12-17(15-27)21(19)24/h10-11,16-18,20,29H,4-9,12-15H2,1-3H3,(H,31,32)/t16?,17-,18-,20-,24?/m1/s1. The van der Waals surface area contributed by atoms with Crippen LogP contribution in [0.4, 0.5) is 4.79 Å². The van der Waals surface area contributed by atoms with Crippen molar-refractivity contribution in [1.29, 1.82) is 0 Å². The summed E-state index contributed by atoms with van der Waals surface area (Å²) in [6.45, 7) is 7.68. The highest BCUT2D eigenvalue weighted by molar-refractivity contribution is 5.92. The maximum atomic E-state index is 13.4. The van der Waals surface area contributed by atoms with Crippen LogP contribution in [0.25, 0.3) is 0 Å². The SMILES string of the molecule is CCN(CC)C(=O)C1(N(C(=O)O)N2C=CC34CC(C)CC[C@H]3OC3=C4[C@H](C[C@@H](O)C3)C2)CC1. The van der Waals surface area contributed by atoms with E-state index in [0.29, 0.717) is 51.2 Å². The van der Waals surface area contributed by atoms with E-state index >= 15 is 0 Å². The Morgan fingerprint density at radius 2 is 1.97 bits per heavy atom. The van der Waals surface area contributed by atoms with Gasteiger partial charge in [-0.25, -0.2) is 9.80 Å². The van der Waals surface area contributed by atoms with E-state index in [-0.39, 0.29) is 23.3 Å². The fourth-order valence-electron chi connectivity index (χ4n) is 7.02. The van der Waals surface area contributed by atoms with Gasteiger partial charge in [0.2, 0.25) is 0 Å². The molecule has 2 unspecified atom stereocenters. The van der Waals surface area contributed by atoms with Crippen LogP contribution in [-0.2, 0) is 9.53 Å². The number of likely N-dealkylation sites (N-methyl/N-ethyl adjacent to an activating group) is 1. The van der Waals surface area contributed by atoms with Gasteiger partial charge >= 0.3 is 6.09 Å². The number of amides is 2. The molecule has 5 aliphatic rings. The first-order valence-electron chi connectivity index (χ1n) is 12.6. The van der Waals surface area contributed by atoms with E-state index in [2.05, 4.69) is 13.0 Å². The van der Waals surface area contributed by atoms with Gasteiger partial charge in [-0.15, -0.1) is 0 Å². The number of hydrazine groups is 1. The Kier molecular flexibility index (Phi) is 5.42. The summed E-state index contributed by atoms with van der Waals surface area (Å²) in [5.41, 5.74) is 0.00366. The predicted molar refractivity (Wildman–Crippen MR) is 122 cm³/mol. The molecule has 33 heavy (non-hydrogen) atoms. The summed E-state index contributed by atoms with van der Waals surface area (Å²) in [6, 6.07) is 0. The van der Waals surface area contributed by atoms with Crippen molar-refractivity contribution in [3.63, 3.8) is 0 Å². The minimum atomic E-state index is -1.10. The quantitative estimate of drug-likeness (QED) is 0.655. The first kappa shape index (κ1) is 22.6. The molecule has 0 bridgehead atoms. The number of nitrogens with zero attached hydrogens (tertiary/aromatic N) is 3. The van der Waals surface area contributed by atoms with E-state index in [9.17, 15) is 19.8 Å². The largest absolute Gasteiger partial charge is 0.493 e. The first-order chi connectivity index (χ1) is 15.8. The summed E-state index contributed by atoms with van der Waals surface area (Å²) < 4.78 is 6.43. The van der Waals surface area contributed by atoms with Gasteiger partial charge < -0.3 is 19.8 Å². The van der Waals surface area contributed by atoms with Gasteiger partial charge in [0.1, 0.15) is 11.6 Å². The molecule has 2 heterocycles. The molecule has 1 spiro atoms. The number of carboxylic acid groups (broad SMARTS) is 1. The summed E-state index contributed by atoms with van der Waals surface area (Å²) >= 11 is 0. The molecule has 0 aromatic rings. The smallest absolute Gasteiger partial charge is 0.427 e. The summed E-state index contributed by atoms with van der Waals surface area (Å²) in [5.74, 6) is 1.36. The van der Waals surface area contributed by atoms with E-state index in [4.69, 9.17) is 4.74 Å². The van der Waals surface area contributed by atoms with Crippen LogP contribution in [0.15, 0.2) is 23.6 Å². The molecule has 5 atom stereocenters. The van der Waals surface area contributed by atoms with Crippen molar-refractivity contribution in [3.05, 3.63) is 23.6 Å². The van der Waals surface area contributed by atoms with Crippen molar-refractivity contribution in [3.8, 4) is 0 Å². The zero-order valence-corrected chi connectivity index (χ0v) is 20.0. The third-order valence-electron chi connectivity index (χ3n) is 8.62. The molecular formula is C25H37N3O5. The minimum Gasteiger partial charge on any atom is -0.493 e. The molecule has 0 radical (unpaired) electrons. The van der Waals surface area contributed by atoms with E-state index in [1.54, 1.807) is 9.91 Å². The molecule has 2 amide bonds. The van der Waals surface area contributed by atoms with Crippen molar-refractivity contribution >= 4 is 12.0 Å². The average molecular weight is 460 g/mol. The zero-order valence-electron chi connectivity index (χ0n) is 20.0. The number of rotatable bonds is 5. The molecular weight excluding hydrogens is 422 g/mol. The van der Waals surface area contributed by atoms with Gasteiger partial charge in [0.15, 0.2) is 0 Å². The normalized spacial score (nSPS) is 35.8. The second kappa shape index (κ2) is 7.93. The van der Waals surface area contributed by atoms with Gasteiger partial charge in [0.05, 0.1) is 17.3 Å². The van der Waals surface area contributed by atoms with E-state index in [0.717, 1.165) is 25.0 Å². The van der Waals surface area contributed by atoms with Crippen LogP contribution in [0.3, 0.4) is 0 Å². The number of hydrogen-bond donors (Lipinski definition) is 2. The number of carbonyl (C=O) groups excluding carboxylic acids is 1. The Morgan fingerprint density at radius 3 is 2.61 bits per heavy atom. The molecule has 2 fully saturated rings. The van der Waals surface area contributed by atoms with Gasteiger partial charge in [-0.05, 0) is 63.9 Å². The molecule has 0 saturated heterocycles. The van der Waals surface area contributed by atoms with Gasteiger partial charge in [-0.1, -0.05) is 13.0 Å². The second-order valence-electron chi connectivity index (χ2n) is 10.7. The van der Waals surface area contributed by atoms with Crippen molar-refractivity contribution in [2.24, 2.45) is 17.3 Å². The highest BCUT2D eigenvalue weighted by Crippen LogP contribution is 2.59. The van der Waals surface area contributed by atoms with E-state index < -0.39 is 17.7 Å². The first-order valence-corrected chi connectivity index (χ1v) is 12.6. The number of aliphatic hydroxyl groups excluding tert-OH is 1. The zero-order chi connectivity index (χ0) is 23.5. The lowest BCUT2D eigenvalue weighted by molar-refractivity contribution is -0.144. The molecule has 182 valence electrons. The fourth-order valence-corrected chi connectivity index (χ4v) is 7.02. The van der Waals surface area contributed by atoms with Crippen molar-refractivity contribution in [1.82, 2.24) is 14.9 Å². The minimum absolute atomic E-state index is 0.00439. The highest BCUT2D eigenvalue weighted by atomic mass is 16.5. The van der Waals surface area contributed by atoms with Crippen LogP contribution in [0.5, 0.6) is 0 Å². The number of hydrogen-bond acceptors (Lipinski definition) is 5. The summed E-state index contributed by atoms with van der Waals surface area (Å²) in [4.78, 5) is 27.7. The van der Waals surface area contributed by atoms with E-state index in [1.807, 2.05) is 20.0 Å². The lowest BCUT2D eigenvalue weighted by Crippen LogP contribution is -2.58. The molecule has 2 saturated carbocycles. The molecule has 0 aromatic carbocycles. The van der Waals surface area contributed by atoms with Crippen molar-refractivity contribution in [2.75, 3.05) is 19.6 Å². The lowest BCUT2D eigenvalue weighted by Gasteiger charge is -2.42. The number of aliphatic hydroxyl groups is 1. The van der Waals surface area contributed by atoms with Crippen LogP contribution in [-0.4, -0.2) is 74.5 Å². The van der Waals surface area contributed by atoms with Crippen molar-refractivity contribution < 1.29 is 24.5 Å². The monoisotopic (exact) mass is 459 g/mol. The summed E-state index contributed by atoms with van der Waals surface area (Å²) in [6.07, 6.45) is 7.79. The Balaban J connectivity index is 1.54. The molecule has 2 N–H and O–H groups in total. The van der Waals surface area contributed by atoms with Gasteiger partial charge in [0.25, 0.3) is 5.91 Å². The Morgan fingerprint density at radius 1 is 1.24 bits per heavy atom. The molecule has 0 aromatic heterocycles. The fraction of sp³-hybridized carbons (Fsp3) is 0.760. The Bertz CT molecular complexity index is 892. The Labute approximate surface area is 195 Å². The maximum Gasteiger partial charge on any atom is 0.427 e. The van der Waals surface area contributed by atoms with Gasteiger partial charge in [-0.2, -0.15) is 0 Å². The number of carbonyl (C=O) groups is 2. The van der Waals surface area contributed by atoms with Crippen LogP contribution in [0, 0.1) is 17.3 Å². The third-order valence-corrected chi connectivity index (χ3v) is 8.62. The van der Waals surface area contributed by atoms with Crippen LogP contribution >= 0.6 is 0 Å². The van der Waals surface area contributed by atoms with Crippen LogP contribution in [0.2, 0.25) is 0 Å². The number of ether oxygens (including phenoxy) is 1. The maximum absolute atomic E-state index is 13.4. The highest BCUT2D eigenvalue weighted by Gasteiger charge is 2.62. The van der Waals surface area contributed by atoms with E-state index in [1.165, 1.54) is 10.6 Å². The van der Waals surface area contributed by atoms with Crippen LogP contribution < -0.4 is 0 Å². The van der Waals surface area contributed by atoms with Crippen molar-refractivity contribution in [2.45, 2.75) is 83.5 Å². The topological polar surface area (TPSA) is 93.6 Å². The molecule has 2 aliphatic heterocycles. The second-order valence-corrected chi connectivity index (χ2v) is 10.7. The van der Waals surface area contributed by atoms with Gasteiger partial charge in [-0.3, -0.25) is 9.80 Å². The lowest BCUT2D eigenvalue weighted by atomic mass is 9.61. The molecule has 8 heteroatoms. The molecule has 5 rings (SSSR count). The van der Waals surface area contributed by atoms with Crippen LogP contribution in [0.1, 0.15) is 65.7 Å². The molecule has 8 nitrogen and oxygen atoms in total. The average Bonchev–Trinajstić information content (AvgIpc) is 3.51. The molecule has 3 aliphatic carbocycles. The Hall–Kier alpha value is -2.22. The predicted octanol–water partition coefficient (Wildman–Crippen LogP) is 3.34. The van der Waals surface area contributed by atoms with Gasteiger partial charge in [0, 0.05) is 38.2 Å². The third kappa shape index (κ3) is 3.35. The summed E-state index contributed by atoms with van der Waals surface area (Å²) in [5, 5.41) is 24.0.